The van der Waals surface area contributed by atoms with Crippen molar-refractivity contribution in [2.45, 2.75) is 32.3 Å². The fourth-order valence-electron chi connectivity index (χ4n) is 3.28. The summed E-state index contributed by atoms with van der Waals surface area (Å²) in [5, 5.41) is 18.2. The van der Waals surface area contributed by atoms with E-state index in [1.807, 2.05) is 0 Å². The van der Waals surface area contributed by atoms with Gasteiger partial charge in [-0.05, 0) is 55.7 Å². The van der Waals surface area contributed by atoms with Crippen LogP contribution in [-0.2, 0) is 31.2 Å². The third-order valence-corrected chi connectivity index (χ3v) is 6.44. The number of nitrogens with two attached hydrogens (primary N) is 2. The zero-order valence-corrected chi connectivity index (χ0v) is 20.8. The molecule has 3 rings (SSSR count). The van der Waals surface area contributed by atoms with Crippen LogP contribution in [0.1, 0.15) is 29.9 Å². The molecule has 15 heteroatoms. The second-order valence-corrected chi connectivity index (χ2v) is 10.2. The molecule has 0 saturated carbocycles. The van der Waals surface area contributed by atoms with Gasteiger partial charge >= 0.3 is 20.6 Å². The molecule has 0 aliphatic carbocycles. The van der Waals surface area contributed by atoms with E-state index < -0.39 is 32.6 Å². The van der Waals surface area contributed by atoms with Crippen LogP contribution in [0.5, 0.6) is 5.75 Å². The van der Waals surface area contributed by atoms with Crippen molar-refractivity contribution < 1.29 is 29.6 Å². The van der Waals surface area contributed by atoms with Crippen molar-refractivity contribution in [3.63, 3.8) is 0 Å². The monoisotopic (exact) mass is 541 g/mol. The maximum atomic E-state index is 11.6. The lowest BCUT2D eigenvalue weighted by molar-refractivity contribution is 0.180. The van der Waals surface area contributed by atoms with E-state index in [-0.39, 0.29) is 34.7 Å². The standard InChI is InChI=1S/C20H20ClN5O7S2/c1-11-14(6-9-17(24-3)18(11)21)10-16(12(2)32-34(22,27)28)20-26-25-19(31-20)13-4-7-15(8-5-13)33-35(23,29)30/h4-9,12,16H,10H2,1-2H3,(H2,22,27,28)(H2,23,29,30)/t12-,16+/m0/s1. The molecule has 0 spiro atoms. The third kappa shape index (κ3) is 6.98. The number of rotatable bonds is 9. The number of nitrogens with zero attached hydrogens (tertiary/aromatic N) is 3. The minimum atomic E-state index is -4.29. The molecule has 1 heterocycles. The van der Waals surface area contributed by atoms with Crippen LogP contribution in [0.15, 0.2) is 40.8 Å². The largest absolute Gasteiger partial charge is 0.420 e. The van der Waals surface area contributed by atoms with Gasteiger partial charge in [0.1, 0.15) is 5.75 Å². The summed E-state index contributed by atoms with van der Waals surface area (Å²) < 4.78 is 60.6. The van der Waals surface area contributed by atoms with Crippen molar-refractivity contribution in [3.8, 4) is 17.2 Å². The highest BCUT2D eigenvalue weighted by molar-refractivity contribution is 7.84. The van der Waals surface area contributed by atoms with Crippen molar-refractivity contribution in [2.75, 3.05) is 0 Å². The molecule has 12 nitrogen and oxygen atoms in total. The maximum absolute atomic E-state index is 11.6. The highest BCUT2D eigenvalue weighted by Crippen LogP contribution is 2.35. The van der Waals surface area contributed by atoms with Gasteiger partial charge in [-0.3, -0.25) is 4.18 Å². The molecule has 1 aromatic heterocycles. The highest BCUT2D eigenvalue weighted by Gasteiger charge is 2.30. The van der Waals surface area contributed by atoms with E-state index >= 15 is 0 Å². The van der Waals surface area contributed by atoms with Gasteiger partial charge in [-0.25, -0.2) is 9.98 Å². The first-order valence-corrected chi connectivity index (χ1v) is 13.1. The lowest BCUT2D eigenvalue weighted by Crippen LogP contribution is -2.28. The fraction of sp³-hybridized carbons (Fsp3) is 0.250. The van der Waals surface area contributed by atoms with Gasteiger partial charge in [0.15, 0.2) is 0 Å². The Morgan fingerprint density at radius 3 is 2.31 bits per heavy atom. The number of hydrogen-bond acceptors (Lipinski definition) is 9. The summed E-state index contributed by atoms with van der Waals surface area (Å²) in [6.45, 7) is 10.4. The maximum Gasteiger partial charge on any atom is 0.380 e. The van der Waals surface area contributed by atoms with Crippen LogP contribution in [0.3, 0.4) is 0 Å². The molecule has 0 saturated heterocycles. The average molecular weight is 542 g/mol. The molecule has 0 fully saturated rings. The first kappa shape index (κ1) is 26.5. The fourth-order valence-corrected chi connectivity index (χ4v) is 4.44. The molecular formula is C20H20ClN5O7S2. The number of hydrogen-bond donors (Lipinski definition) is 2. The van der Waals surface area contributed by atoms with Gasteiger partial charge in [-0.15, -0.1) is 10.2 Å². The van der Waals surface area contributed by atoms with Crippen LogP contribution < -0.4 is 14.5 Å². The van der Waals surface area contributed by atoms with E-state index in [2.05, 4.69) is 19.2 Å². The second-order valence-electron chi connectivity index (χ2n) is 7.45. The Hall–Kier alpha value is -3.06. The van der Waals surface area contributed by atoms with Gasteiger partial charge in [0.2, 0.25) is 17.5 Å². The van der Waals surface area contributed by atoms with Gasteiger partial charge < -0.3 is 8.60 Å². The first-order chi connectivity index (χ1) is 16.3. The highest BCUT2D eigenvalue weighted by atomic mass is 35.5. The van der Waals surface area contributed by atoms with Gasteiger partial charge in [-0.2, -0.15) is 22.0 Å². The summed E-state index contributed by atoms with van der Waals surface area (Å²) in [6.07, 6.45) is -0.814. The summed E-state index contributed by atoms with van der Waals surface area (Å²) >= 11 is 6.28. The second kappa shape index (κ2) is 10.3. The topological polar surface area (TPSA) is 182 Å². The Bertz CT molecular complexity index is 1480. The van der Waals surface area contributed by atoms with E-state index in [0.29, 0.717) is 16.7 Å². The number of aromatic nitrogens is 2. The van der Waals surface area contributed by atoms with Crippen LogP contribution in [0.25, 0.3) is 16.3 Å². The molecule has 0 aliphatic rings. The Labute approximate surface area is 207 Å². The molecule has 3 aromatic rings. The molecule has 0 unspecified atom stereocenters. The Morgan fingerprint density at radius 2 is 1.74 bits per heavy atom. The number of halogens is 1. The van der Waals surface area contributed by atoms with Crippen molar-refractivity contribution in [1.82, 2.24) is 10.2 Å². The van der Waals surface area contributed by atoms with Gasteiger partial charge in [-0.1, -0.05) is 23.7 Å². The van der Waals surface area contributed by atoms with Gasteiger partial charge in [0.25, 0.3) is 0 Å². The minimum absolute atomic E-state index is 0.0146. The van der Waals surface area contributed by atoms with Crippen LogP contribution in [0.2, 0.25) is 5.02 Å². The molecule has 186 valence electrons. The zero-order chi connectivity index (χ0) is 26.0. The Balaban J connectivity index is 1.95. The SMILES string of the molecule is [C-]#[N+]c1ccc(C[C@@H](c2nnc(-c3ccc(OS(N)(=O)=O)cc3)o2)[C@H](C)OS(N)(=O)=O)c(C)c1Cl. The molecule has 2 atom stereocenters. The van der Waals surface area contributed by atoms with Crippen molar-refractivity contribution in [3.05, 3.63) is 69.9 Å². The van der Waals surface area contributed by atoms with Gasteiger partial charge in [0, 0.05) is 5.56 Å². The average Bonchev–Trinajstić information content (AvgIpc) is 3.22. The van der Waals surface area contributed by atoms with E-state index in [1.165, 1.54) is 31.2 Å². The summed E-state index contributed by atoms with van der Waals surface area (Å²) in [4.78, 5) is 3.36. The third-order valence-electron chi connectivity index (χ3n) is 4.96. The Kier molecular flexibility index (Phi) is 7.80. The minimum Gasteiger partial charge on any atom is -0.420 e. The quantitative estimate of drug-likeness (QED) is 0.384. The lowest BCUT2D eigenvalue weighted by atomic mass is 9.92. The summed E-state index contributed by atoms with van der Waals surface area (Å²) in [5.41, 5.74) is 2.07. The van der Waals surface area contributed by atoms with E-state index in [4.69, 9.17) is 37.1 Å². The lowest BCUT2D eigenvalue weighted by Gasteiger charge is -2.21. The molecule has 0 bridgehead atoms. The van der Waals surface area contributed by atoms with Crippen molar-refractivity contribution >= 4 is 37.9 Å². The molecule has 0 amide bonds. The molecule has 35 heavy (non-hydrogen) atoms. The van der Waals surface area contributed by atoms with Crippen molar-refractivity contribution in [1.29, 1.82) is 0 Å². The van der Waals surface area contributed by atoms with Crippen LogP contribution in [-0.4, -0.2) is 33.1 Å². The van der Waals surface area contributed by atoms with Crippen LogP contribution >= 0.6 is 11.6 Å². The number of benzene rings is 2. The predicted molar refractivity (Wildman–Crippen MR) is 126 cm³/mol. The molecule has 4 N–H and O–H groups in total. The molecule has 0 radical (unpaired) electrons. The zero-order valence-electron chi connectivity index (χ0n) is 18.4. The Morgan fingerprint density at radius 1 is 1.09 bits per heavy atom. The van der Waals surface area contributed by atoms with Crippen LogP contribution in [0, 0.1) is 13.5 Å². The molecular weight excluding hydrogens is 522 g/mol. The predicted octanol–water partition coefficient (Wildman–Crippen LogP) is 2.77. The smallest absolute Gasteiger partial charge is 0.380 e. The summed E-state index contributed by atoms with van der Waals surface area (Å²) in [7, 11) is -8.47. The summed E-state index contributed by atoms with van der Waals surface area (Å²) in [5.74, 6) is -0.633. The normalized spacial score (nSPS) is 13.7. The molecule has 2 aromatic carbocycles. The molecule has 0 aliphatic heterocycles. The van der Waals surface area contributed by atoms with E-state index in [0.717, 1.165) is 0 Å². The first-order valence-electron chi connectivity index (χ1n) is 9.80. The van der Waals surface area contributed by atoms with Crippen LogP contribution in [0.4, 0.5) is 5.69 Å². The van der Waals surface area contributed by atoms with Gasteiger partial charge in [0.05, 0.1) is 23.6 Å². The van der Waals surface area contributed by atoms with E-state index in [1.54, 1.807) is 19.1 Å². The van der Waals surface area contributed by atoms with Crippen molar-refractivity contribution in [2.24, 2.45) is 10.3 Å². The van der Waals surface area contributed by atoms with E-state index in [9.17, 15) is 16.8 Å². The summed E-state index contributed by atoms with van der Waals surface area (Å²) in [6, 6.07) is 8.90.